The van der Waals surface area contributed by atoms with Crippen LogP contribution in [0.2, 0.25) is 0 Å². The highest BCUT2D eigenvalue weighted by molar-refractivity contribution is 7.17. The van der Waals surface area contributed by atoms with Crippen molar-refractivity contribution >= 4 is 50.1 Å². The molecule has 6 rings (SSSR count). The van der Waals surface area contributed by atoms with Gasteiger partial charge in [0.05, 0.1) is 28.5 Å². The largest absolute Gasteiger partial charge is 0.494 e. The Hall–Kier alpha value is -2.81. The number of benzene rings is 1. The first-order valence-electron chi connectivity index (χ1n) is 15.2. The van der Waals surface area contributed by atoms with E-state index < -0.39 is 0 Å². The van der Waals surface area contributed by atoms with Crippen molar-refractivity contribution in [3.05, 3.63) is 46.9 Å². The summed E-state index contributed by atoms with van der Waals surface area (Å²) in [6.07, 6.45) is 6.61. The Morgan fingerprint density at radius 2 is 2.05 bits per heavy atom. The van der Waals surface area contributed by atoms with Crippen LogP contribution in [0, 0.1) is 17.8 Å². The van der Waals surface area contributed by atoms with Gasteiger partial charge in [-0.05, 0) is 92.5 Å². The van der Waals surface area contributed by atoms with Crippen molar-refractivity contribution in [3.8, 4) is 17.3 Å². The van der Waals surface area contributed by atoms with E-state index in [9.17, 15) is 4.79 Å². The monoisotopic (exact) mass is 607 g/mol. The number of hydrogen-bond donors (Lipinski definition) is 1. The Morgan fingerprint density at radius 1 is 1.24 bits per heavy atom. The van der Waals surface area contributed by atoms with E-state index in [1.165, 1.54) is 28.6 Å². The molecule has 42 heavy (non-hydrogen) atoms. The third kappa shape index (κ3) is 5.49. The third-order valence-electron chi connectivity index (χ3n) is 9.18. The topological polar surface area (TPSA) is 78.3 Å². The first kappa shape index (κ1) is 29.3. The molecule has 2 atom stereocenters. The molecule has 1 aliphatic heterocycles. The van der Waals surface area contributed by atoms with Gasteiger partial charge in [0.1, 0.15) is 11.3 Å². The number of carbonyl (C=O) groups excluding carboxylic acids is 1. The summed E-state index contributed by atoms with van der Waals surface area (Å²) < 4.78 is 11.7. The number of rotatable bonds is 10. The number of aryl methyl sites for hydroxylation is 1. The third-order valence-corrected chi connectivity index (χ3v) is 10.6. The van der Waals surface area contributed by atoms with Gasteiger partial charge in [-0.1, -0.05) is 18.6 Å². The van der Waals surface area contributed by atoms with E-state index in [1.807, 2.05) is 24.1 Å². The smallest absolute Gasteiger partial charge is 0.254 e. The highest BCUT2D eigenvalue weighted by Gasteiger charge is 2.29. The lowest BCUT2D eigenvalue weighted by Gasteiger charge is -2.25. The predicted octanol–water partition coefficient (Wildman–Crippen LogP) is 6.85. The number of likely N-dealkylation sites (tertiary alicyclic amines) is 1. The Bertz CT molecular complexity index is 1630. The second-order valence-electron chi connectivity index (χ2n) is 12.3. The molecule has 2 N–H and O–H groups in total. The Kier molecular flexibility index (Phi) is 8.40. The van der Waals surface area contributed by atoms with Gasteiger partial charge in [0.2, 0.25) is 0 Å². The number of ether oxygens (including phenoxy) is 1. The van der Waals surface area contributed by atoms with Crippen LogP contribution in [-0.4, -0.2) is 57.5 Å². The molecule has 0 spiro atoms. The minimum atomic E-state index is 0.0339. The molecule has 2 aliphatic rings. The number of thiophene rings is 1. The van der Waals surface area contributed by atoms with Gasteiger partial charge < -0.3 is 24.5 Å². The average Bonchev–Trinajstić information content (AvgIpc) is 3.60. The fourth-order valence-corrected chi connectivity index (χ4v) is 7.70. The molecule has 2 fully saturated rings. The summed E-state index contributed by atoms with van der Waals surface area (Å²) in [5.41, 5.74) is 13.2. The van der Waals surface area contributed by atoms with Crippen LogP contribution < -0.4 is 10.5 Å². The van der Waals surface area contributed by atoms with Gasteiger partial charge in [-0.25, -0.2) is 4.98 Å². The minimum Gasteiger partial charge on any atom is -0.494 e. The van der Waals surface area contributed by atoms with Crippen molar-refractivity contribution in [1.29, 1.82) is 0 Å². The van der Waals surface area contributed by atoms with Crippen molar-refractivity contribution in [2.45, 2.75) is 52.0 Å². The van der Waals surface area contributed by atoms with Gasteiger partial charge in [0.25, 0.3) is 5.91 Å². The van der Waals surface area contributed by atoms with Gasteiger partial charge >= 0.3 is 0 Å². The fraction of sp³-hybridized carbons (Fsp3) is 0.515. The molecule has 1 saturated heterocycles. The highest BCUT2D eigenvalue weighted by atomic mass is 35.5. The average molecular weight is 608 g/mol. The molecule has 1 aliphatic carbocycles. The van der Waals surface area contributed by atoms with Crippen molar-refractivity contribution in [2.24, 2.45) is 30.5 Å². The number of imidazole rings is 1. The molecule has 224 valence electrons. The molecule has 4 aromatic rings. The quantitative estimate of drug-likeness (QED) is 0.158. The Balaban J connectivity index is 1.42. The molecule has 1 aromatic carbocycles. The number of alkyl halides is 1. The van der Waals surface area contributed by atoms with Crippen LogP contribution >= 0.6 is 22.9 Å². The van der Waals surface area contributed by atoms with E-state index in [1.54, 1.807) is 18.4 Å². The summed E-state index contributed by atoms with van der Waals surface area (Å²) in [5, 5.41) is 2.27. The number of hydrogen-bond acceptors (Lipinski definition) is 5. The van der Waals surface area contributed by atoms with Crippen LogP contribution in [0.5, 0.6) is 5.75 Å². The molecule has 1 amide bonds. The SMILES string of the molecule is C=C(C)[C@@H]1CCCCN(C(=O)c2cc(OC)c3c(c2)nc(-c2cc4scc(CC(CN)CCl)c4n2CC2CC2)n3C)C1. The van der Waals surface area contributed by atoms with Crippen molar-refractivity contribution in [1.82, 2.24) is 19.0 Å². The molecule has 4 heterocycles. The summed E-state index contributed by atoms with van der Waals surface area (Å²) in [5.74, 6) is 3.42. The van der Waals surface area contributed by atoms with Crippen molar-refractivity contribution in [2.75, 3.05) is 32.6 Å². The Morgan fingerprint density at radius 3 is 2.74 bits per heavy atom. The van der Waals surface area contributed by atoms with Crippen LogP contribution in [0.25, 0.3) is 32.8 Å². The first-order chi connectivity index (χ1) is 20.3. The minimum absolute atomic E-state index is 0.0339. The predicted molar refractivity (Wildman–Crippen MR) is 174 cm³/mol. The van der Waals surface area contributed by atoms with E-state index in [2.05, 4.69) is 34.1 Å². The maximum Gasteiger partial charge on any atom is 0.254 e. The maximum atomic E-state index is 13.8. The lowest BCUT2D eigenvalue weighted by molar-refractivity contribution is 0.0748. The van der Waals surface area contributed by atoms with E-state index in [-0.39, 0.29) is 11.8 Å². The molecule has 3 aromatic heterocycles. The van der Waals surface area contributed by atoms with Crippen molar-refractivity contribution < 1.29 is 9.53 Å². The second kappa shape index (κ2) is 12.1. The van der Waals surface area contributed by atoms with Gasteiger partial charge in [-0.15, -0.1) is 22.9 Å². The normalized spacial score (nSPS) is 18.5. The van der Waals surface area contributed by atoms with E-state index in [4.69, 9.17) is 27.1 Å². The second-order valence-corrected chi connectivity index (χ2v) is 13.6. The van der Waals surface area contributed by atoms with Crippen LogP contribution in [0.15, 0.2) is 35.7 Å². The number of fused-ring (bicyclic) bond motifs is 2. The number of aromatic nitrogens is 3. The first-order valence-corrected chi connectivity index (χ1v) is 16.6. The number of methoxy groups -OCH3 is 1. The standard InChI is InChI=1S/C33H42ClN5O2S/c1-20(2)23-7-5-6-10-38(18-23)33(40)24-12-26-31(28(13-24)41-4)37(3)32(36-26)27-14-29-30(39(27)17-21-8-9-21)25(19-42-29)11-22(15-34)16-35/h12-14,19,21-23H,1,5-11,15-18,35H2,2-4H3/t22?,23-/m1/s1. The van der Waals surface area contributed by atoms with Gasteiger partial charge in [0, 0.05) is 38.1 Å². The van der Waals surface area contributed by atoms with E-state index in [0.717, 1.165) is 66.9 Å². The zero-order chi connectivity index (χ0) is 29.5. The zero-order valence-electron chi connectivity index (χ0n) is 25.0. The lowest BCUT2D eigenvalue weighted by Crippen LogP contribution is -2.34. The summed E-state index contributed by atoms with van der Waals surface area (Å²) >= 11 is 8.02. The number of nitrogens with two attached hydrogens (primary N) is 1. The van der Waals surface area contributed by atoms with Crippen molar-refractivity contribution in [3.63, 3.8) is 0 Å². The van der Waals surface area contributed by atoms with Crippen LogP contribution in [-0.2, 0) is 20.0 Å². The molecule has 1 unspecified atom stereocenters. The lowest BCUT2D eigenvalue weighted by atomic mass is 9.96. The molecular formula is C33H42ClN5O2S. The maximum absolute atomic E-state index is 13.8. The Labute approximate surface area is 257 Å². The van der Waals surface area contributed by atoms with Crippen LogP contribution in [0.4, 0.5) is 0 Å². The van der Waals surface area contributed by atoms with E-state index in [0.29, 0.717) is 42.1 Å². The summed E-state index contributed by atoms with van der Waals surface area (Å²) in [6, 6.07) is 6.10. The van der Waals surface area contributed by atoms with Gasteiger partial charge in [0.15, 0.2) is 5.82 Å². The van der Waals surface area contributed by atoms with Gasteiger partial charge in [-0.3, -0.25) is 4.79 Å². The molecule has 0 bridgehead atoms. The zero-order valence-corrected chi connectivity index (χ0v) is 26.6. The number of carbonyl (C=O) groups is 1. The number of halogens is 1. The number of amides is 1. The molecule has 0 radical (unpaired) electrons. The summed E-state index contributed by atoms with van der Waals surface area (Å²) in [7, 11) is 3.71. The summed E-state index contributed by atoms with van der Waals surface area (Å²) in [4.78, 5) is 21.0. The molecule has 7 nitrogen and oxygen atoms in total. The van der Waals surface area contributed by atoms with Gasteiger partial charge in [-0.2, -0.15) is 0 Å². The molecule has 1 saturated carbocycles. The van der Waals surface area contributed by atoms with E-state index >= 15 is 0 Å². The molecule has 9 heteroatoms. The highest BCUT2D eigenvalue weighted by Crippen LogP contribution is 2.41. The summed E-state index contributed by atoms with van der Waals surface area (Å²) in [6.45, 7) is 9.28. The number of nitrogens with zero attached hydrogens (tertiary/aromatic N) is 4. The van der Waals surface area contributed by atoms with Crippen LogP contribution in [0.3, 0.4) is 0 Å². The molecular weight excluding hydrogens is 566 g/mol. The fourth-order valence-electron chi connectivity index (χ4n) is 6.46. The van der Waals surface area contributed by atoms with Crippen LogP contribution in [0.1, 0.15) is 54.9 Å².